The molecule has 172 valence electrons. The lowest BCUT2D eigenvalue weighted by molar-refractivity contribution is 0.0628. The fourth-order valence-electron chi connectivity index (χ4n) is 4.13. The number of para-hydroxylation sites is 1. The number of aryl methyl sites for hydroxylation is 1. The van der Waals surface area contributed by atoms with Gasteiger partial charge in [-0.2, -0.15) is 0 Å². The number of nitrogens with zero attached hydrogens (tertiary/aromatic N) is 2. The zero-order chi connectivity index (χ0) is 23.0. The van der Waals surface area contributed by atoms with E-state index in [0.29, 0.717) is 18.8 Å². The molecule has 0 unspecified atom stereocenters. The third-order valence-corrected chi connectivity index (χ3v) is 5.99. The van der Waals surface area contributed by atoms with Gasteiger partial charge < -0.3 is 14.4 Å². The van der Waals surface area contributed by atoms with Crippen LogP contribution < -0.4 is 9.47 Å². The molecule has 1 aliphatic rings. The fraction of sp³-hybridized carbons (Fsp3) is 0.321. The molecule has 1 aliphatic heterocycles. The third kappa shape index (κ3) is 5.93. The van der Waals surface area contributed by atoms with Gasteiger partial charge in [-0.1, -0.05) is 48.5 Å². The van der Waals surface area contributed by atoms with Gasteiger partial charge in [-0.25, -0.2) is 0 Å². The minimum Gasteiger partial charge on any atom is -0.493 e. The first-order valence-electron chi connectivity index (χ1n) is 11.6. The Kier molecular flexibility index (Phi) is 7.63. The number of amides is 1. The van der Waals surface area contributed by atoms with Crippen molar-refractivity contribution < 1.29 is 14.3 Å². The number of rotatable bonds is 8. The highest BCUT2D eigenvalue weighted by Gasteiger charge is 2.23. The summed E-state index contributed by atoms with van der Waals surface area (Å²) in [5.41, 5.74) is 3.95. The van der Waals surface area contributed by atoms with Crippen molar-refractivity contribution in [3.8, 4) is 11.5 Å². The highest BCUT2D eigenvalue weighted by Crippen LogP contribution is 2.25. The molecule has 1 amide bonds. The molecule has 0 aliphatic carbocycles. The Morgan fingerprint density at radius 1 is 0.848 bits per heavy atom. The van der Waals surface area contributed by atoms with Crippen LogP contribution in [0.1, 0.15) is 34.0 Å². The van der Waals surface area contributed by atoms with Crippen molar-refractivity contribution in [2.24, 2.45) is 0 Å². The average molecular weight is 445 g/mol. The number of hydrogen-bond acceptors (Lipinski definition) is 4. The van der Waals surface area contributed by atoms with Gasteiger partial charge in [0.25, 0.3) is 5.91 Å². The molecule has 0 radical (unpaired) electrons. The van der Waals surface area contributed by atoms with E-state index in [1.165, 1.54) is 5.56 Å². The van der Waals surface area contributed by atoms with Crippen LogP contribution in [0.3, 0.4) is 0 Å². The van der Waals surface area contributed by atoms with E-state index < -0.39 is 0 Å². The van der Waals surface area contributed by atoms with Crippen molar-refractivity contribution in [3.63, 3.8) is 0 Å². The van der Waals surface area contributed by atoms with Gasteiger partial charge in [0.15, 0.2) is 0 Å². The van der Waals surface area contributed by atoms with E-state index >= 15 is 0 Å². The molecule has 33 heavy (non-hydrogen) atoms. The number of ether oxygens (including phenoxy) is 2. The summed E-state index contributed by atoms with van der Waals surface area (Å²) in [6.07, 6.45) is 0. The van der Waals surface area contributed by atoms with Crippen molar-refractivity contribution in [1.29, 1.82) is 0 Å². The van der Waals surface area contributed by atoms with Gasteiger partial charge in [-0.05, 0) is 49.2 Å². The monoisotopic (exact) mass is 444 g/mol. The van der Waals surface area contributed by atoms with Crippen molar-refractivity contribution in [2.75, 3.05) is 32.8 Å². The topological polar surface area (TPSA) is 42.0 Å². The maximum absolute atomic E-state index is 13.2. The zero-order valence-corrected chi connectivity index (χ0v) is 19.5. The van der Waals surface area contributed by atoms with Crippen LogP contribution in [0.25, 0.3) is 0 Å². The van der Waals surface area contributed by atoms with E-state index in [1.54, 1.807) is 0 Å². The van der Waals surface area contributed by atoms with Gasteiger partial charge in [0, 0.05) is 43.9 Å². The van der Waals surface area contributed by atoms with Gasteiger partial charge in [-0.15, -0.1) is 0 Å². The lowest BCUT2D eigenvalue weighted by Gasteiger charge is -2.35. The molecule has 4 rings (SSSR count). The summed E-state index contributed by atoms with van der Waals surface area (Å²) >= 11 is 0. The minimum atomic E-state index is 0.0644. The predicted molar refractivity (Wildman–Crippen MR) is 131 cm³/mol. The fourth-order valence-corrected chi connectivity index (χ4v) is 4.13. The molecular weight excluding hydrogens is 412 g/mol. The van der Waals surface area contributed by atoms with Gasteiger partial charge >= 0.3 is 0 Å². The summed E-state index contributed by atoms with van der Waals surface area (Å²) in [5.74, 6) is 1.66. The first-order chi connectivity index (χ1) is 16.1. The Labute approximate surface area is 196 Å². The maximum atomic E-state index is 13.2. The summed E-state index contributed by atoms with van der Waals surface area (Å²) in [7, 11) is 0. The van der Waals surface area contributed by atoms with Gasteiger partial charge in [0.2, 0.25) is 0 Å². The highest BCUT2D eigenvalue weighted by molar-refractivity contribution is 5.94. The molecule has 0 saturated carbocycles. The van der Waals surface area contributed by atoms with E-state index in [2.05, 4.69) is 29.2 Å². The van der Waals surface area contributed by atoms with Crippen molar-refractivity contribution in [2.45, 2.75) is 27.0 Å². The number of hydrogen-bond donors (Lipinski definition) is 0. The molecule has 0 atom stereocenters. The SMILES string of the molecule is CCOc1ccc(C(=O)N2CCN(Cc3ccccc3)CC2)cc1COc1ccccc1C. The van der Waals surface area contributed by atoms with Crippen LogP contribution in [-0.2, 0) is 13.2 Å². The standard InChI is InChI=1S/C28H32N2O3/c1-3-32-27-14-13-24(19-25(27)21-33-26-12-8-7-9-22(26)2)28(31)30-17-15-29(16-18-30)20-23-10-5-4-6-11-23/h4-14,19H,3,15-18,20-21H2,1-2H3. The number of benzene rings is 3. The maximum Gasteiger partial charge on any atom is 0.253 e. The summed E-state index contributed by atoms with van der Waals surface area (Å²) in [6.45, 7) is 9.03. The Morgan fingerprint density at radius 3 is 2.30 bits per heavy atom. The Morgan fingerprint density at radius 2 is 1.58 bits per heavy atom. The molecule has 5 nitrogen and oxygen atoms in total. The molecule has 1 fully saturated rings. The second kappa shape index (κ2) is 11.0. The number of piperazine rings is 1. The van der Waals surface area contributed by atoms with E-state index in [9.17, 15) is 4.79 Å². The van der Waals surface area contributed by atoms with Crippen LogP contribution in [0, 0.1) is 6.92 Å². The molecule has 1 saturated heterocycles. The molecule has 0 bridgehead atoms. The van der Waals surface area contributed by atoms with E-state index in [0.717, 1.165) is 55.3 Å². The molecule has 0 N–H and O–H groups in total. The van der Waals surface area contributed by atoms with E-state index in [4.69, 9.17) is 9.47 Å². The molecule has 3 aromatic carbocycles. The summed E-state index contributed by atoms with van der Waals surface area (Å²) in [6, 6.07) is 24.1. The minimum absolute atomic E-state index is 0.0644. The van der Waals surface area contributed by atoms with Gasteiger partial charge in [0.1, 0.15) is 18.1 Å². The molecule has 0 aromatic heterocycles. The van der Waals surface area contributed by atoms with E-state index in [-0.39, 0.29) is 5.91 Å². The smallest absolute Gasteiger partial charge is 0.253 e. The second-order valence-corrected chi connectivity index (χ2v) is 8.36. The van der Waals surface area contributed by atoms with Crippen molar-refractivity contribution in [3.05, 3.63) is 95.1 Å². The number of carbonyl (C=O) groups excluding carboxylic acids is 1. The zero-order valence-electron chi connectivity index (χ0n) is 19.5. The predicted octanol–water partition coefficient (Wildman–Crippen LogP) is 4.93. The third-order valence-electron chi connectivity index (χ3n) is 5.99. The Balaban J connectivity index is 1.41. The molecule has 5 heteroatoms. The molecule has 3 aromatic rings. The molecule has 0 spiro atoms. The van der Waals surface area contributed by atoms with Crippen LogP contribution in [0.2, 0.25) is 0 Å². The lowest BCUT2D eigenvalue weighted by Crippen LogP contribution is -2.48. The number of carbonyl (C=O) groups is 1. The first-order valence-corrected chi connectivity index (χ1v) is 11.6. The first kappa shape index (κ1) is 22.9. The summed E-state index contributed by atoms with van der Waals surface area (Å²) < 4.78 is 11.8. The van der Waals surface area contributed by atoms with Crippen LogP contribution >= 0.6 is 0 Å². The second-order valence-electron chi connectivity index (χ2n) is 8.36. The van der Waals surface area contributed by atoms with Crippen LogP contribution in [0.15, 0.2) is 72.8 Å². The molecule has 1 heterocycles. The van der Waals surface area contributed by atoms with Gasteiger partial charge in [0.05, 0.1) is 6.61 Å². The Hall–Kier alpha value is -3.31. The average Bonchev–Trinajstić information content (AvgIpc) is 2.85. The van der Waals surface area contributed by atoms with Crippen LogP contribution in [0.5, 0.6) is 11.5 Å². The van der Waals surface area contributed by atoms with Gasteiger partial charge in [-0.3, -0.25) is 9.69 Å². The summed E-state index contributed by atoms with van der Waals surface area (Å²) in [4.78, 5) is 17.6. The highest BCUT2D eigenvalue weighted by atomic mass is 16.5. The van der Waals surface area contributed by atoms with Crippen LogP contribution in [-0.4, -0.2) is 48.5 Å². The van der Waals surface area contributed by atoms with E-state index in [1.807, 2.05) is 67.3 Å². The lowest BCUT2D eigenvalue weighted by atomic mass is 10.1. The van der Waals surface area contributed by atoms with Crippen LogP contribution in [0.4, 0.5) is 0 Å². The Bertz CT molecular complexity index is 1060. The largest absolute Gasteiger partial charge is 0.493 e. The van der Waals surface area contributed by atoms with Crippen molar-refractivity contribution in [1.82, 2.24) is 9.80 Å². The van der Waals surface area contributed by atoms with Crippen molar-refractivity contribution >= 4 is 5.91 Å². The normalized spacial score (nSPS) is 14.2. The summed E-state index contributed by atoms with van der Waals surface area (Å²) in [5, 5.41) is 0. The molecular formula is C28H32N2O3. The quantitative estimate of drug-likeness (QED) is 0.494.